The molecule has 0 atom stereocenters. The summed E-state index contributed by atoms with van der Waals surface area (Å²) < 4.78 is 5.26. The van der Waals surface area contributed by atoms with Crippen LogP contribution in [-0.2, 0) is 6.42 Å². The van der Waals surface area contributed by atoms with Gasteiger partial charge in [0.1, 0.15) is 5.75 Å². The number of nitro benzene ring substituents is 1. The Kier molecular flexibility index (Phi) is 4.53. The third-order valence-corrected chi connectivity index (χ3v) is 4.00. The second kappa shape index (κ2) is 6.93. The number of rotatable bonds is 6. The Morgan fingerprint density at radius 3 is 2.88 bits per heavy atom. The molecule has 1 aromatic heterocycles. The van der Waals surface area contributed by atoms with Gasteiger partial charge in [-0.25, -0.2) is 4.85 Å². The van der Waals surface area contributed by atoms with Crippen LogP contribution in [0, 0.1) is 16.7 Å². The Hall–Kier alpha value is -3.53. The molecule has 7 nitrogen and oxygen atoms in total. The third-order valence-electron chi connectivity index (χ3n) is 4.00. The monoisotopic (exact) mass is 336 g/mol. The number of H-pyrrole nitrogens is 1. The van der Waals surface area contributed by atoms with Crippen LogP contribution in [0.5, 0.6) is 5.75 Å². The molecule has 0 aliphatic carbocycles. The molecule has 0 unspecified atom stereocenters. The Bertz CT molecular complexity index is 972. The van der Waals surface area contributed by atoms with Gasteiger partial charge in [0.2, 0.25) is 5.69 Å². The van der Waals surface area contributed by atoms with Crippen molar-refractivity contribution in [1.29, 1.82) is 0 Å². The van der Waals surface area contributed by atoms with E-state index in [0.29, 0.717) is 12.2 Å². The number of nitrogens with zero attached hydrogens (tertiary/aromatic N) is 2. The Morgan fingerprint density at radius 1 is 1.32 bits per heavy atom. The van der Waals surface area contributed by atoms with Crippen molar-refractivity contribution in [2.24, 2.45) is 0 Å². The molecule has 25 heavy (non-hydrogen) atoms. The summed E-state index contributed by atoms with van der Waals surface area (Å²) >= 11 is 0. The SMILES string of the molecule is [C-]#[N+]c1cc([N+](=O)[O-])ccc1NCCc1c[nH]c2ccc(OC)cc12. The molecule has 0 saturated carbocycles. The molecule has 0 radical (unpaired) electrons. The van der Waals surface area contributed by atoms with E-state index in [1.54, 1.807) is 13.2 Å². The molecule has 126 valence electrons. The first-order chi connectivity index (χ1) is 12.1. The van der Waals surface area contributed by atoms with Crippen molar-refractivity contribution >= 4 is 28.0 Å². The van der Waals surface area contributed by atoms with Gasteiger partial charge in [-0.1, -0.05) is 0 Å². The lowest BCUT2D eigenvalue weighted by Crippen LogP contribution is -2.04. The van der Waals surface area contributed by atoms with Crippen molar-refractivity contribution in [2.75, 3.05) is 19.0 Å². The second-order valence-corrected chi connectivity index (χ2v) is 5.47. The molecule has 7 heteroatoms. The highest BCUT2D eigenvalue weighted by Crippen LogP contribution is 2.30. The number of hydrogen-bond acceptors (Lipinski definition) is 4. The van der Waals surface area contributed by atoms with E-state index in [1.165, 1.54) is 12.1 Å². The summed E-state index contributed by atoms with van der Waals surface area (Å²) in [6.45, 7) is 7.79. The lowest BCUT2D eigenvalue weighted by Gasteiger charge is -2.08. The number of nitro groups is 1. The highest BCUT2D eigenvalue weighted by molar-refractivity contribution is 5.84. The maximum atomic E-state index is 10.8. The van der Waals surface area contributed by atoms with E-state index < -0.39 is 4.92 Å². The van der Waals surface area contributed by atoms with Crippen LogP contribution in [0.4, 0.5) is 17.1 Å². The molecule has 2 aromatic carbocycles. The molecule has 0 amide bonds. The van der Waals surface area contributed by atoms with Crippen LogP contribution in [0.3, 0.4) is 0 Å². The van der Waals surface area contributed by atoms with E-state index in [-0.39, 0.29) is 11.4 Å². The fourth-order valence-electron chi connectivity index (χ4n) is 2.70. The lowest BCUT2D eigenvalue weighted by molar-refractivity contribution is -0.384. The minimum atomic E-state index is -0.502. The normalized spacial score (nSPS) is 10.4. The van der Waals surface area contributed by atoms with Gasteiger partial charge in [-0.05, 0) is 36.2 Å². The highest BCUT2D eigenvalue weighted by Gasteiger charge is 2.11. The average Bonchev–Trinajstić information content (AvgIpc) is 3.04. The van der Waals surface area contributed by atoms with E-state index in [4.69, 9.17) is 11.3 Å². The Labute approximate surface area is 144 Å². The molecule has 3 aromatic rings. The fraction of sp³-hybridized carbons (Fsp3) is 0.167. The fourth-order valence-corrected chi connectivity index (χ4v) is 2.70. The highest BCUT2D eigenvalue weighted by atomic mass is 16.6. The van der Waals surface area contributed by atoms with E-state index in [0.717, 1.165) is 28.6 Å². The first-order valence-corrected chi connectivity index (χ1v) is 7.66. The van der Waals surface area contributed by atoms with Gasteiger partial charge in [-0.15, -0.1) is 0 Å². The first kappa shape index (κ1) is 16.3. The first-order valence-electron chi connectivity index (χ1n) is 7.66. The smallest absolute Gasteiger partial charge is 0.259 e. The summed E-state index contributed by atoms with van der Waals surface area (Å²) in [5.74, 6) is 0.798. The van der Waals surface area contributed by atoms with Crippen molar-refractivity contribution in [3.63, 3.8) is 0 Å². The van der Waals surface area contributed by atoms with Crippen LogP contribution in [0.25, 0.3) is 15.7 Å². The van der Waals surface area contributed by atoms with Crippen molar-refractivity contribution in [1.82, 2.24) is 4.98 Å². The molecule has 3 rings (SSSR count). The molecule has 1 heterocycles. The van der Waals surface area contributed by atoms with Gasteiger partial charge in [0.15, 0.2) is 0 Å². The standard InChI is InChI=1S/C18H16N4O3/c1-19-18-9-13(22(23)24)3-5-17(18)20-8-7-12-11-21-16-6-4-14(25-2)10-15(12)16/h3-6,9-11,20-21H,7-8H2,2H3. The van der Waals surface area contributed by atoms with Crippen LogP contribution in [-0.4, -0.2) is 23.6 Å². The molecule has 0 fully saturated rings. The predicted octanol–water partition coefficient (Wildman–Crippen LogP) is 4.29. The molecule has 0 aliphatic heterocycles. The van der Waals surface area contributed by atoms with Gasteiger partial charge >= 0.3 is 0 Å². The number of methoxy groups -OCH3 is 1. The van der Waals surface area contributed by atoms with Crippen LogP contribution >= 0.6 is 0 Å². The number of aromatic nitrogens is 1. The molecule has 0 bridgehead atoms. The number of anilines is 1. The maximum Gasteiger partial charge on any atom is 0.259 e. The minimum Gasteiger partial charge on any atom is -0.497 e. The van der Waals surface area contributed by atoms with Crippen LogP contribution in [0.1, 0.15) is 5.56 Å². The minimum absolute atomic E-state index is 0.0831. The van der Waals surface area contributed by atoms with Crippen molar-refractivity contribution < 1.29 is 9.66 Å². The van der Waals surface area contributed by atoms with E-state index in [2.05, 4.69) is 15.1 Å². The van der Waals surface area contributed by atoms with E-state index in [9.17, 15) is 10.1 Å². The van der Waals surface area contributed by atoms with E-state index in [1.807, 2.05) is 24.4 Å². The molecule has 0 saturated heterocycles. The summed E-state index contributed by atoms with van der Waals surface area (Å²) in [4.78, 5) is 16.9. The van der Waals surface area contributed by atoms with Crippen LogP contribution < -0.4 is 10.1 Å². The number of non-ortho nitro benzene ring substituents is 1. The summed E-state index contributed by atoms with van der Waals surface area (Å²) in [6.07, 6.45) is 2.69. The summed E-state index contributed by atoms with van der Waals surface area (Å²) in [6, 6.07) is 10.1. The van der Waals surface area contributed by atoms with Crippen molar-refractivity contribution in [3.8, 4) is 5.75 Å². The van der Waals surface area contributed by atoms with Gasteiger partial charge in [-0.2, -0.15) is 0 Å². The number of aromatic amines is 1. The number of fused-ring (bicyclic) bond motifs is 1. The van der Waals surface area contributed by atoms with Gasteiger partial charge in [-0.3, -0.25) is 10.1 Å². The summed E-state index contributed by atoms with van der Waals surface area (Å²) in [5.41, 5.74) is 2.92. The van der Waals surface area contributed by atoms with Crippen LogP contribution in [0.2, 0.25) is 0 Å². The quantitative estimate of drug-likeness (QED) is 0.399. The van der Waals surface area contributed by atoms with E-state index >= 15 is 0 Å². The van der Waals surface area contributed by atoms with Crippen molar-refractivity contribution in [2.45, 2.75) is 6.42 Å². The number of ether oxygens (including phenoxy) is 1. The Morgan fingerprint density at radius 2 is 2.16 bits per heavy atom. The summed E-state index contributed by atoms with van der Waals surface area (Å²) in [5, 5.41) is 15.1. The number of hydrogen-bond donors (Lipinski definition) is 2. The van der Waals surface area contributed by atoms with Crippen molar-refractivity contribution in [3.05, 3.63) is 69.7 Å². The number of benzene rings is 2. The summed E-state index contributed by atoms with van der Waals surface area (Å²) in [7, 11) is 1.63. The molecular formula is C18H16N4O3. The van der Waals surface area contributed by atoms with Crippen LogP contribution in [0.15, 0.2) is 42.6 Å². The number of nitrogens with one attached hydrogen (secondary N) is 2. The Balaban J connectivity index is 1.73. The zero-order valence-corrected chi connectivity index (χ0v) is 13.6. The second-order valence-electron chi connectivity index (χ2n) is 5.47. The third kappa shape index (κ3) is 3.38. The lowest BCUT2D eigenvalue weighted by atomic mass is 10.1. The maximum absolute atomic E-state index is 10.8. The molecular weight excluding hydrogens is 320 g/mol. The zero-order valence-electron chi connectivity index (χ0n) is 13.6. The largest absolute Gasteiger partial charge is 0.497 e. The molecule has 2 N–H and O–H groups in total. The predicted molar refractivity (Wildman–Crippen MR) is 96.4 cm³/mol. The molecule has 0 aliphatic rings. The zero-order chi connectivity index (χ0) is 17.8. The van der Waals surface area contributed by atoms with Gasteiger partial charge in [0.25, 0.3) is 5.69 Å². The van der Waals surface area contributed by atoms with Gasteiger partial charge in [0.05, 0.1) is 18.6 Å². The van der Waals surface area contributed by atoms with Gasteiger partial charge in [0, 0.05) is 41.5 Å². The van der Waals surface area contributed by atoms with Gasteiger partial charge < -0.3 is 15.0 Å². The average molecular weight is 336 g/mol. The topological polar surface area (TPSA) is 84.5 Å². The molecule has 0 spiro atoms.